The molecule has 1 aliphatic rings. The minimum atomic E-state index is -0.00796. The molecular weight excluding hydrogens is 188 g/mol. The van der Waals surface area contributed by atoms with E-state index in [4.69, 9.17) is 4.74 Å². The van der Waals surface area contributed by atoms with Gasteiger partial charge in [0.25, 0.3) is 0 Å². The Balaban J connectivity index is 2.23. The molecule has 0 spiro atoms. The van der Waals surface area contributed by atoms with E-state index in [2.05, 4.69) is 19.1 Å². The summed E-state index contributed by atoms with van der Waals surface area (Å²) in [5.74, 6) is -0.00796. The Bertz CT molecular complexity index is 209. The lowest BCUT2D eigenvalue weighted by Crippen LogP contribution is -2.18. The number of carbonyl (C=O) groups is 1. The lowest BCUT2D eigenvalue weighted by atomic mass is 10.0. The second-order valence-electron chi connectivity index (χ2n) is 4.20. The number of esters is 1. The fourth-order valence-corrected chi connectivity index (χ4v) is 1.81. The number of rotatable bonds is 4. The summed E-state index contributed by atoms with van der Waals surface area (Å²) in [6.45, 7) is 2.09. The van der Waals surface area contributed by atoms with Crippen LogP contribution in [0.25, 0.3) is 0 Å². The normalized spacial score (nSPS) is 23.9. The quantitative estimate of drug-likeness (QED) is 0.523. The van der Waals surface area contributed by atoms with E-state index >= 15 is 0 Å². The van der Waals surface area contributed by atoms with Crippen molar-refractivity contribution in [2.24, 2.45) is 0 Å². The van der Waals surface area contributed by atoms with Crippen LogP contribution in [0.2, 0.25) is 0 Å². The van der Waals surface area contributed by atoms with Gasteiger partial charge >= 0.3 is 5.97 Å². The van der Waals surface area contributed by atoms with Gasteiger partial charge in [0.05, 0.1) is 0 Å². The molecule has 0 N–H and O–H groups in total. The summed E-state index contributed by atoms with van der Waals surface area (Å²) in [6.07, 6.45) is 12.5. The van der Waals surface area contributed by atoms with Gasteiger partial charge in [0.2, 0.25) is 0 Å². The average molecular weight is 210 g/mol. The number of hydrogen-bond acceptors (Lipinski definition) is 2. The zero-order valence-corrected chi connectivity index (χ0v) is 9.71. The van der Waals surface area contributed by atoms with Gasteiger partial charge in [-0.3, -0.25) is 4.79 Å². The summed E-state index contributed by atoms with van der Waals surface area (Å²) >= 11 is 0. The van der Waals surface area contributed by atoms with Gasteiger partial charge in [0.15, 0.2) is 0 Å². The summed E-state index contributed by atoms with van der Waals surface area (Å²) in [5.41, 5.74) is 0. The summed E-state index contributed by atoms with van der Waals surface area (Å²) in [4.78, 5) is 11.4. The standard InChI is InChI=1S/C13H22O2/c1-2-3-11-13(14)15-12-9-7-5-4-6-8-10-12/h4-5,12H,2-3,6-11H2,1H3/b5-4+. The maximum atomic E-state index is 11.4. The molecule has 0 radical (unpaired) electrons. The van der Waals surface area contributed by atoms with Crippen molar-refractivity contribution in [2.45, 2.75) is 64.4 Å². The van der Waals surface area contributed by atoms with Crippen LogP contribution >= 0.6 is 0 Å². The molecule has 1 aliphatic carbocycles. The van der Waals surface area contributed by atoms with Crippen molar-refractivity contribution in [3.05, 3.63) is 12.2 Å². The Morgan fingerprint density at radius 2 is 2.13 bits per heavy atom. The van der Waals surface area contributed by atoms with Crippen LogP contribution in [0.15, 0.2) is 12.2 Å². The molecule has 0 saturated heterocycles. The van der Waals surface area contributed by atoms with Crippen molar-refractivity contribution >= 4 is 5.97 Å². The van der Waals surface area contributed by atoms with Gasteiger partial charge in [0, 0.05) is 6.42 Å². The molecule has 1 unspecified atom stereocenters. The summed E-state index contributed by atoms with van der Waals surface area (Å²) in [5, 5.41) is 0. The molecule has 0 bridgehead atoms. The maximum Gasteiger partial charge on any atom is 0.306 e. The minimum Gasteiger partial charge on any atom is -0.462 e. The van der Waals surface area contributed by atoms with Crippen molar-refractivity contribution in [1.29, 1.82) is 0 Å². The van der Waals surface area contributed by atoms with E-state index in [-0.39, 0.29) is 12.1 Å². The van der Waals surface area contributed by atoms with Gasteiger partial charge in [-0.2, -0.15) is 0 Å². The first-order valence-electron chi connectivity index (χ1n) is 6.17. The Morgan fingerprint density at radius 3 is 2.93 bits per heavy atom. The third kappa shape index (κ3) is 5.60. The molecule has 1 atom stereocenters. The van der Waals surface area contributed by atoms with E-state index in [0.29, 0.717) is 6.42 Å². The molecule has 15 heavy (non-hydrogen) atoms. The topological polar surface area (TPSA) is 26.3 Å². The highest BCUT2D eigenvalue weighted by Gasteiger charge is 2.13. The summed E-state index contributed by atoms with van der Waals surface area (Å²) in [6, 6.07) is 0. The Labute approximate surface area is 92.7 Å². The highest BCUT2D eigenvalue weighted by molar-refractivity contribution is 5.69. The Kier molecular flexibility index (Phi) is 6.14. The zero-order chi connectivity index (χ0) is 10.9. The van der Waals surface area contributed by atoms with Crippen molar-refractivity contribution < 1.29 is 9.53 Å². The summed E-state index contributed by atoms with van der Waals surface area (Å²) in [7, 11) is 0. The Morgan fingerprint density at radius 1 is 1.33 bits per heavy atom. The number of allylic oxidation sites excluding steroid dienone is 2. The molecule has 0 aromatic carbocycles. The van der Waals surface area contributed by atoms with Crippen LogP contribution in [0.5, 0.6) is 0 Å². The molecule has 0 aromatic rings. The van der Waals surface area contributed by atoms with Crippen LogP contribution in [0.1, 0.15) is 58.3 Å². The van der Waals surface area contributed by atoms with E-state index < -0.39 is 0 Å². The first-order valence-corrected chi connectivity index (χ1v) is 6.17. The lowest BCUT2D eigenvalue weighted by Gasteiger charge is -2.18. The molecule has 2 heteroatoms. The molecule has 2 nitrogen and oxygen atoms in total. The van der Waals surface area contributed by atoms with Gasteiger partial charge < -0.3 is 4.74 Å². The molecule has 0 aromatic heterocycles. The number of hydrogen-bond donors (Lipinski definition) is 0. The molecule has 0 amide bonds. The van der Waals surface area contributed by atoms with Crippen molar-refractivity contribution in [2.75, 3.05) is 0 Å². The number of unbranched alkanes of at least 4 members (excludes halogenated alkanes) is 1. The molecule has 0 saturated carbocycles. The lowest BCUT2D eigenvalue weighted by molar-refractivity contribution is -0.149. The van der Waals surface area contributed by atoms with Crippen LogP contribution in [0, 0.1) is 0 Å². The largest absolute Gasteiger partial charge is 0.462 e. The SMILES string of the molecule is CCCCC(=O)OC1CC/C=C/CCC1. The first-order chi connectivity index (χ1) is 7.33. The number of ether oxygens (including phenoxy) is 1. The van der Waals surface area contributed by atoms with E-state index in [9.17, 15) is 4.79 Å². The molecule has 1 rings (SSSR count). The third-order valence-electron chi connectivity index (χ3n) is 2.75. The van der Waals surface area contributed by atoms with Gasteiger partial charge in [-0.15, -0.1) is 0 Å². The van der Waals surface area contributed by atoms with Crippen molar-refractivity contribution in [1.82, 2.24) is 0 Å². The molecule has 0 heterocycles. The molecule has 0 fully saturated rings. The predicted octanol–water partition coefficient (Wildman–Crippen LogP) is 3.61. The smallest absolute Gasteiger partial charge is 0.306 e. The highest BCUT2D eigenvalue weighted by Crippen LogP contribution is 2.16. The van der Waals surface area contributed by atoms with Crippen molar-refractivity contribution in [3.8, 4) is 0 Å². The molecule has 86 valence electrons. The van der Waals surface area contributed by atoms with Gasteiger partial charge in [0.1, 0.15) is 6.10 Å². The average Bonchev–Trinajstić information content (AvgIpc) is 2.19. The monoisotopic (exact) mass is 210 g/mol. The van der Waals surface area contributed by atoms with Crippen LogP contribution in [0.4, 0.5) is 0 Å². The van der Waals surface area contributed by atoms with E-state index in [0.717, 1.165) is 44.9 Å². The van der Waals surface area contributed by atoms with Gasteiger partial charge in [-0.25, -0.2) is 0 Å². The first kappa shape index (κ1) is 12.3. The van der Waals surface area contributed by atoms with Crippen LogP contribution in [-0.4, -0.2) is 12.1 Å². The van der Waals surface area contributed by atoms with Gasteiger partial charge in [-0.1, -0.05) is 25.5 Å². The zero-order valence-electron chi connectivity index (χ0n) is 9.71. The number of carbonyl (C=O) groups excluding carboxylic acids is 1. The summed E-state index contributed by atoms with van der Waals surface area (Å²) < 4.78 is 5.46. The maximum absolute atomic E-state index is 11.4. The van der Waals surface area contributed by atoms with Crippen molar-refractivity contribution in [3.63, 3.8) is 0 Å². The van der Waals surface area contributed by atoms with Crippen LogP contribution < -0.4 is 0 Å². The van der Waals surface area contributed by atoms with E-state index in [1.54, 1.807) is 0 Å². The molecule has 0 aliphatic heterocycles. The highest BCUT2D eigenvalue weighted by atomic mass is 16.5. The second-order valence-corrected chi connectivity index (χ2v) is 4.20. The van der Waals surface area contributed by atoms with E-state index in [1.165, 1.54) is 0 Å². The fourth-order valence-electron chi connectivity index (χ4n) is 1.81. The van der Waals surface area contributed by atoms with Crippen LogP contribution in [-0.2, 0) is 9.53 Å². The minimum absolute atomic E-state index is 0.00796. The fraction of sp³-hybridized carbons (Fsp3) is 0.769. The third-order valence-corrected chi connectivity index (χ3v) is 2.75. The van der Waals surface area contributed by atoms with Gasteiger partial charge in [-0.05, 0) is 38.5 Å². The van der Waals surface area contributed by atoms with E-state index in [1.807, 2.05) is 0 Å². The predicted molar refractivity (Wildman–Crippen MR) is 61.6 cm³/mol. The second kappa shape index (κ2) is 7.49. The van der Waals surface area contributed by atoms with Crippen LogP contribution in [0.3, 0.4) is 0 Å². The molecular formula is C13H22O2. The Hall–Kier alpha value is -0.790.